The van der Waals surface area contributed by atoms with Crippen LogP contribution in [0.3, 0.4) is 0 Å². The third-order valence-corrected chi connectivity index (χ3v) is 6.82. The van der Waals surface area contributed by atoms with Crippen LogP contribution in [0.25, 0.3) is 16.9 Å². The smallest absolute Gasteiger partial charge is 0.264 e. The van der Waals surface area contributed by atoms with E-state index in [0.717, 1.165) is 24.1 Å². The van der Waals surface area contributed by atoms with Crippen LogP contribution >= 0.6 is 11.3 Å². The summed E-state index contributed by atoms with van der Waals surface area (Å²) in [5.74, 6) is 1.09. The molecule has 1 aliphatic rings. The van der Waals surface area contributed by atoms with Gasteiger partial charge in [-0.15, -0.1) is 11.3 Å². The molecule has 0 spiro atoms. The number of nitrogens with zero attached hydrogens (tertiary/aromatic N) is 3. The SMILES string of the molecule is COc1ccc(-n2cc(-c3ccccc3)nc2NC(=O)CN(C(=O)c2cccs2)C2CC2)cc1OC. The number of carbonyl (C=O) groups excluding carboxylic acids is 2. The van der Waals surface area contributed by atoms with Crippen LogP contribution in [0.1, 0.15) is 22.5 Å². The second-order valence-corrected chi connectivity index (χ2v) is 9.36. The van der Waals surface area contributed by atoms with Crippen LogP contribution in [0.5, 0.6) is 11.5 Å². The van der Waals surface area contributed by atoms with Gasteiger partial charge >= 0.3 is 0 Å². The average molecular weight is 503 g/mol. The van der Waals surface area contributed by atoms with E-state index < -0.39 is 0 Å². The number of ether oxygens (including phenoxy) is 2. The minimum absolute atomic E-state index is 0.0408. The number of amides is 2. The Labute approximate surface area is 213 Å². The van der Waals surface area contributed by atoms with Gasteiger partial charge in [0.25, 0.3) is 5.91 Å². The first kappa shape index (κ1) is 23.6. The van der Waals surface area contributed by atoms with Crippen molar-refractivity contribution < 1.29 is 19.1 Å². The Morgan fingerprint density at radius 2 is 1.83 bits per heavy atom. The molecule has 0 atom stereocenters. The van der Waals surface area contributed by atoms with Gasteiger partial charge in [-0.1, -0.05) is 36.4 Å². The number of benzene rings is 2. The Kier molecular flexibility index (Phi) is 6.73. The van der Waals surface area contributed by atoms with E-state index in [-0.39, 0.29) is 24.4 Å². The van der Waals surface area contributed by atoms with Crippen molar-refractivity contribution >= 4 is 29.1 Å². The number of methoxy groups -OCH3 is 2. The Morgan fingerprint density at radius 1 is 1.06 bits per heavy atom. The molecule has 2 aromatic heterocycles. The van der Waals surface area contributed by atoms with Crippen LogP contribution in [-0.2, 0) is 4.79 Å². The summed E-state index contributed by atoms with van der Waals surface area (Å²) >= 11 is 1.38. The molecule has 1 saturated carbocycles. The molecule has 4 aromatic rings. The molecule has 0 bridgehead atoms. The molecule has 0 saturated heterocycles. The summed E-state index contributed by atoms with van der Waals surface area (Å²) in [6, 6.07) is 18.9. The zero-order chi connectivity index (χ0) is 25.1. The molecular formula is C27H26N4O4S. The maximum atomic E-state index is 13.2. The minimum Gasteiger partial charge on any atom is -0.493 e. The zero-order valence-electron chi connectivity index (χ0n) is 20.0. The van der Waals surface area contributed by atoms with Crippen LogP contribution in [-0.4, -0.2) is 53.1 Å². The lowest BCUT2D eigenvalue weighted by atomic mass is 10.2. The molecule has 8 nitrogen and oxygen atoms in total. The highest BCUT2D eigenvalue weighted by Crippen LogP contribution is 2.32. The number of aromatic nitrogens is 2. The molecule has 0 unspecified atom stereocenters. The number of hydrogen-bond donors (Lipinski definition) is 1. The quantitative estimate of drug-likeness (QED) is 0.353. The maximum Gasteiger partial charge on any atom is 0.264 e. The standard InChI is InChI=1S/C27H26N4O4S/c1-34-22-13-12-20(15-23(22)35-2)31-16-21(18-7-4-3-5-8-18)28-27(31)29-25(32)17-30(19-10-11-19)26(33)24-9-6-14-36-24/h3-9,12-16,19H,10-11,17H2,1-2H3,(H,28,29,32). The highest BCUT2D eigenvalue weighted by Gasteiger charge is 2.35. The van der Waals surface area contributed by atoms with Crippen LogP contribution in [0.15, 0.2) is 72.2 Å². The number of rotatable bonds is 9. The summed E-state index contributed by atoms with van der Waals surface area (Å²) in [4.78, 5) is 33.2. The Bertz CT molecular complexity index is 1360. The van der Waals surface area contributed by atoms with E-state index in [1.807, 2.05) is 60.1 Å². The second kappa shape index (κ2) is 10.2. The topological polar surface area (TPSA) is 85.7 Å². The van der Waals surface area contributed by atoms with Crippen molar-refractivity contribution in [2.75, 3.05) is 26.1 Å². The van der Waals surface area contributed by atoms with Crippen molar-refractivity contribution in [3.8, 4) is 28.4 Å². The number of hydrogen-bond acceptors (Lipinski definition) is 6. The molecule has 2 amide bonds. The first-order valence-electron chi connectivity index (χ1n) is 11.6. The van der Waals surface area contributed by atoms with Gasteiger partial charge < -0.3 is 14.4 Å². The van der Waals surface area contributed by atoms with Crippen molar-refractivity contribution in [1.29, 1.82) is 0 Å². The van der Waals surface area contributed by atoms with Crippen LogP contribution < -0.4 is 14.8 Å². The van der Waals surface area contributed by atoms with Crippen molar-refractivity contribution in [1.82, 2.24) is 14.5 Å². The van der Waals surface area contributed by atoms with Gasteiger partial charge in [-0.05, 0) is 36.4 Å². The molecule has 9 heteroatoms. The van der Waals surface area contributed by atoms with E-state index in [9.17, 15) is 9.59 Å². The highest BCUT2D eigenvalue weighted by molar-refractivity contribution is 7.12. The lowest BCUT2D eigenvalue weighted by Crippen LogP contribution is -2.39. The van der Waals surface area contributed by atoms with E-state index >= 15 is 0 Å². The molecule has 1 N–H and O–H groups in total. The fourth-order valence-corrected chi connectivity index (χ4v) is 4.68. The van der Waals surface area contributed by atoms with E-state index in [1.165, 1.54) is 11.3 Å². The van der Waals surface area contributed by atoms with Crippen molar-refractivity contribution in [2.45, 2.75) is 18.9 Å². The largest absolute Gasteiger partial charge is 0.493 e. The summed E-state index contributed by atoms with van der Waals surface area (Å²) in [5.41, 5.74) is 2.36. The van der Waals surface area contributed by atoms with Crippen molar-refractivity contribution in [2.24, 2.45) is 0 Å². The highest BCUT2D eigenvalue weighted by atomic mass is 32.1. The van der Waals surface area contributed by atoms with Gasteiger partial charge in [0.15, 0.2) is 11.5 Å². The van der Waals surface area contributed by atoms with Crippen LogP contribution in [0.4, 0.5) is 5.95 Å². The first-order valence-corrected chi connectivity index (χ1v) is 12.5. The van der Waals surface area contributed by atoms with E-state index in [2.05, 4.69) is 5.32 Å². The van der Waals surface area contributed by atoms with Gasteiger partial charge in [0.1, 0.15) is 6.54 Å². The van der Waals surface area contributed by atoms with E-state index in [0.29, 0.717) is 28.0 Å². The van der Waals surface area contributed by atoms with E-state index in [4.69, 9.17) is 14.5 Å². The molecule has 184 valence electrons. The minimum atomic E-state index is -0.307. The molecule has 0 aliphatic heterocycles. The first-order chi connectivity index (χ1) is 17.6. The van der Waals surface area contributed by atoms with Gasteiger partial charge in [0.05, 0.1) is 30.5 Å². The normalized spacial score (nSPS) is 12.7. The number of imidazole rings is 1. The fourth-order valence-electron chi connectivity index (χ4n) is 4.00. The lowest BCUT2D eigenvalue weighted by Gasteiger charge is -2.21. The fraction of sp³-hybridized carbons (Fsp3) is 0.222. The molecule has 2 heterocycles. The number of carbonyl (C=O) groups is 2. The van der Waals surface area contributed by atoms with Crippen LogP contribution in [0.2, 0.25) is 0 Å². The Hall–Kier alpha value is -4.11. The van der Waals surface area contributed by atoms with E-state index in [1.54, 1.807) is 35.8 Å². The summed E-state index contributed by atoms with van der Waals surface area (Å²) in [6.45, 7) is -0.0408. The molecular weight excluding hydrogens is 476 g/mol. The Balaban J connectivity index is 1.45. The predicted octanol–water partition coefficient (Wildman–Crippen LogP) is 4.86. The monoisotopic (exact) mass is 502 g/mol. The van der Waals surface area contributed by atoms with Crippen molar-refractivity contribution in [3.05, 3.63) is 77.1 Å². The molecule has 1 aliphatic carbocycles. The second-order valence-electron chi connectivity index (χ2n) is 8.41. The number of nitrogens with one attached hydrogen (secondary N) is 1. The third-order valence-electron chi connectivity index (χ3n) is 5.97. The number of thiophene rings is 1. The lowest BCUT2D eigenvalue weighted by molar-refractivity contribution is -0.117. The molecule has 36 heavy (non-hydrogen) atoms. The Morgan fingerprint density at radius 3 is 2.50 bits per heavy atom. The molecule has 2 aromatic carbocycles. The summed E-state index contributed by atoms with van der Waals surface area (Å²) < 4.78 is 12.6. The van der Waals surface area contributed by atoms with Gasteiger partial charge in [0, 0.05) is 23.9 Å². The summed E-state index contributed by atoms with van der Waals surface area (Å²) in [6.07, 6.45) is 3.67. The van der Waals surface area contributed by atoms with Gasteiger partial charge in [0.2, 0.25) is 11.9 Å². The zero-order valence-corrected chi connectivity index (χ0v) is 20.8. The predicted molar refractivity (Wildman–Crippen MR) is 139 cm³/mol. The van der Waals surface area contributed by atoms with Gasteiger partial charge in [-0.3, -0.25) is 19.5 Å². The maximum absolute atomic E-state index is 13.2. The molecule has 1 fully saturated rings. The number of anilines is 1. The third kappa shape index (κ3) is 4.96. The van der Waals surface area contributed by atoms with Crippen LogP contribution in [0, 0.1) is 0 Å². The summed E-state index contributed by atoms with van der Waals surface area (Å²) in [7, 11) is 3.15. The average Bonchev–Trinajstić information content (AvgIpc) is 3.43. The van der Waals surface area contributed by atoms with Crippen molar-refractivity contribution in [3.63, 3.8) is 0 Å². The van der Waals surface area contributed by atoms with Gasteiger partial charge in [-0.2, -0.15) is 0 Å². The molecule has 0 radical (unpaired) electrons. The summed E-state index contributed by atoms with van der Waals surface area (Å²) in [5, 5.41) is 4.79. The van der Waals surface area contributed by atoms with Gasteiger partial charge in [-0.25, -0.2) is 4.98 Å². The molecule has 5 rings (SSSR count).